The van der Waals surface area contributed by atoms with Gasteiger partial charge in [0, 0.05) is 38.6 Å². The van der Waals surface area contributed by atoms with Gasteiger partial charge in [0.05, 0.1) is 6.10 Å². The molecule has 0 aromatic heterocycles. The molecule has 108 valence electrons. The summed E-state index contributed by atoms with van der Waals surface area (Å²) in [4.78, 5) is 4.96. The third kappa shape index (κ3) is 3.13. The minimum atomic E-state index is 0. The second-order valence-corrected chi connectivity index (χ2v) is 6.09. The molecule has 18 heavy (non-hydrogen) atoms. The van der Waals surface area contributed by atoms with Crippen LogP contribution in [0.4, 0.5) is 0 Å². The van der Waals surface area contributed by atoms with E-state index in [0.717, 1.165) is 12.5 Å². The van der Waals surface area contributed by atoms with Crippen molar-refractivity contribution in [2.75, 3.05) is 39.8 Å². The zero-order valence-corrected chi connectivity index (χ0v) is 12.8. The Hall–Kier alpha value is 0.460. The molecule has 0 amide bonds. The normalized spacial score (nSPS) is 40.3. The molecule has 0 aromatic rings. The Kier molecular flexibility index (Phi) is 6.20. The summed E-state index contributed by atoms with van der Waals surface area (Å²) in [5.41, 5.74) is 0. The summed E-state index contributed by atoms with van der Waals surface area (Å²) in [6, 6.07) is 0. The van der Waals surface area contributed by atoms with Crippen molar-refractivity contribution >= 4 is 24.8 Å². The van der Waals surface area contributed by atoms with Crippen molar-refractivity contribution < 1.29 is 5.11 Å². The van der Waals surface area contributed by atoms with E-state index in [4.69, 9.17) is 0 Å². The smallest absolute Gasteiger partial charge is 0.0611 e. The topological polar surface area (TPSA) is 26.7 Å². The summed E-state index contributed by atoms with van der Waals surface area (Å²) in [5, 5.41) is 10.2. The van der Waals surface area contributed by atoms with Crippen LogP contribution in [0, 0.1) is 17.8 Å². The van der Waals surface area contributed by atoms with Gasteiger partial charge in [-0.05, 0) is 38.1 Å². The Balaban J connectivity index is 0.000000810. The van der Waals surface area contributed by atoms with Crippen LogP contribution in [0.5, 0.6) is 0 Å². The van der Waals surface area contributed by atoms with Crippen LogP contribution in [-0.4, -0.2) is 60.8 Å². The summed E-state index contributed by atoms with van der Waals surface area (Å²) in [6.07, 6.45) is 3.98. The molecule has 5 heteroatoms. The molecule has 3 aliphatic rings. The maximum absolute atomic E-state index is 10.2. The van der Waals surface area contributed by atoms with E-state index in [1.165, 1.54) is 45.4 Å². The summed E-state index contributed by atoms with van der Waals surface area (Å²) < 4.78 is 0. The van der Waals surface area contributed by atoms with Gasteiger partial charge in [-0.25, -0.2) is 0 Å². The highest BCUT2D eigenvalue weighted by atomic mass is 35.5. The van der Waals surface area contributed by atoms with E-state index in [9.17, 15) is 5.11 Å². The summed E-state index contributed by atoms with van der Waals surface area (Å²) in [6.45, 7) is 5.91. The number of hydrogen-bond donors (Lipinski definition) is 1. The lowest BCUT2D eigenvalue weighted by Crippen LogP contribution is -2.48. The Labute approximate surface area is 123 Å². The van der Waals surface area contributed by atoms with Gasteiger partial charge in [0.2, 0.25) is 0 Å². The molecule has 2 bridgehead atoms. The van der Waals surface area contributed by atoms with Crippen molar-refractivity contribution in [2.24, 2.45) is 17.8 Å². The van der Waals surface area contributed by atoms with Gasteiger partial charge >= 0.3 is 0 Å². The van der Waals surface area contributed by atoms with Crippen LogP contribution in [0.15, 0.2) is 0 Å². The van der Waals surface area contributed by atoms with E-state index in [1.807, 2.05) is 0 Å². The van der Waals surface area contributed by atoms with Crippen molar-refractivity contribution in [1.82, 2.24) is 9.80 Å². The van der Waals surface area contributed by atoms with Crippen molar-refractivity contribution in [1.29, 1.82) is 0 Å². The van der Waals surface area contributed by atoms with Gasteiger partial charge in [-0.1, -0.05) is 0 Å². The first-order valence-corrected chi connectivity index (χ1v) is 6.83. The second kappa shape index (κ2) is 6.76. The lowest BCUT2D eigenvalue weighted by atomic mass is 9.86. The number of hydrogen-bond acceptors (Lipinski definition) is 3. The van der Waals surface area contributed by atoms with Crippen molar-refractivity contribution in [3.8, 4) is 0 Å². The largest absolute Gasteiger partial charge is 0.392 e. The van der Waals surface area contributed by atoms with Crippen LogP contribution < -0.4 is 0 Å². The molecule has 2 saturated carbocycles. The van der Waals surface area contributed by atoms with E-state index in [1.54, 1.807) is 0 Å². The SMILES string of the molecule is CN1CCN(CC2C3CCC(C3)C2O)CC1.Cl.Cl. The summed E-state index contributed by atoms with van der Waals surface area (Å²) in [7, 11) is 2.20. The molecule has 0 radical (unpaired) electrons. The third-order valence-corrected chi connectivity index (χ3v) is 5.11. The Morgan fingerprint density at radius 3 is 2.17 bits per heavy atom. The molecule has 3 nitrogen and oxygen atoms in total. The van der Waals surface area contributed by atoms with Gasteiger partial charge in [0.1, 0.15) is 0 Å². The number of halogens is 2. The average Bonchev–Trinajstić information content (AvgIpc) is 2.85. The monoisotopic (exact) mass is 296 g/mol. The number of nitrogens with zero attached hydrogens (tertiary/aromatic N) is 2. The maximum atomic E-state index is 10.2. The molecular weight excluding hydrogens is 271 g/mol. The fraction of sp³-hybridized carbons (Fsp3) is 1.00. The minimum absolute atomic E-state index is 0. The summed E-state index contributed by atoms with van der Waals surface area (Å²) >= 11 is 0. The van der Waals surface area contributed by atoms with Gasteiger partial charge in [0.25, 0.3) is 0 Å². The molecule has 3 fully saturated rings. The predicted octanol–water partition coefficient (Wildman–Crippen LogP) is 1.48. The predicted molar refractivity (Wildman–Crippen MR) is 78.8 cm³/mol. The standard InChI is InChI=1S/C13H24N2O.2ClH/c1-14-4-6-15(7-5-14)9-12-10-2-3-11(8-10)13(12)16;;/h10-13,16H,2-9H2,1H3;2*1H. The molecular formula is C13H26Cl2N2O. The number of aliphatic hydroxyl groups excluding tert-OH is 1. The van der Waals surface area contributed by atoms with E-state index in [0.29, 0.717) is 11.8 Å². The third-order valence-electron chi connectivity index (χ3n) is 5.11. The zero-order valence-electron chi connectivity index (χ0n) is 11.1. The number of likely N-dealkylation sites (N-methyl/N-ethyl adjacent to an activating group) is 1. The molecule has 1 heterocycles. The molecule has 2 aliphatic carbocycles. The molecule has 1 aliphatic heterocycles. The van der Waals surface area contributed by atoms with Gasteiger partial charge in [0.15, 0.2) is 0 Å². The number of aliphatic hydroxyl groups is 1. The van der Waals surface area contributed by atoms with Crippen LogP contribution in [0.3, 0.4) is 0 Å². The molecule has 1 saturated heterocycles. The maximum Gasteiger partial charge on any atom is 0.0611 e. The van der Waals surface area contributed by atoms with Gasteiger partial charge in [-0.3, -0.25) is 0 Å². The molecule has 0 spiro atoms. The number of piperazine rings is 1. The molecule has 1 N–H and O–H groups in total. The average molecular weight is 297 g/mol. The highest BCUT2D eigenvalue weighted by Crippen LogP contribution is 2.48. The van der Waals surface area contributed by atoms with Crippen LogP contribution >= 0.6 is 24.8 Å². The highest BCUT2D eigenvalue weighted by molar-refractivity contribution is 5.85. The number of fused-ring (bicyclic) bond motifs is 2. The van der Waals surface area contributed by atoms with Gasteiger partial charge in [-0.15, -0.1) is 24.8 Å². The first kappa shape index (κ1) is 16.5. The first-order valence-electron chi connectivity index (χ1n) is 6.83. The number of rotatable bonds is 2. The van der Waals surface area contributed by atoms with E-state index in [-0.39, 0.29) is 30.9 Å². The Morgan fingerprint density at radius 2 is 1.61 bits per heavy atom. The van der Waals surface area contributed by atoms with E-state index < -0.39 is 0 Å². The van der Waals surface area contributed by atoms with E-state index in [2.05, 4.69) is 16.8 Å². The molecule has 3 rings (SSSR count). The fourth-order valence-corrected chi connectivity index (χ4v) is 3.97. The van der Waals surface area contributed by atoms with Crippen molar-refractivity contribution in [3.63, 3.8) is 0 Å². The van der Waals surface area contributed by atoms with Crippen molar-refractivity contribution in [2.45, 2.75) is 25.4 Å². The molecule has 4 atom stereocenters. The molecule has 4 unspecified atom stereocenters. The van der Waals surface area contributed by atoms with Crippen molar-refractivity contribution in [3.05, 3.63) is 0 Å². The Morgan fingerprint density at radius 1 is 1.00 bits per heavy atom. The van der Waals surface area contributed by atoms with Crippen LogP contribution in [0.1, 0.15) is 19.3 Å². The zero-order chi connectivity index (χ0) is 11.1. The minimum Gasteiger partial charge on any atom is -0.392 e. The van der Waals surface area contributed by atoms with E-state index >= 15 is 0 Å². The highest BCUT2D eigenvalue weighted by Gasteiger charge is 2.47. The quantitative estimate of drug-likeness (QED) is 0.836. The fourth-order valence-electron chi connectivity index (χ4n) is 3.97. The van der Waals surface area contributed by atoms with Gasteiger partial charge in [-0.2, -0.15) is 0 Å². The summed E-state index contributed by atoms with van der Waals surface area (Å²) in [5.74, 6) is 2.06. The first-order chi connectivity index (χ1) is 7.74. The van der Waals surface area contributed by atoms with Crippen LogP contribution in [0.25, 0.3) is 0 Å². The Bertz CT molecular complexity index is 257. The lowest BCUT2D eigenvalue weighted by molar-refractivity contribution is 0.0282. The second-order valence-electron chi connectivity index (χ2n) is 6.09. The van der Waals surface area contributed by atoms with Crippen LogP contribution in [-0.2, 0) is 0 Å². The van der Waals surface area contributed by atoms with Gasteiger partial charge < -0.3 is 14.9 Å². The van der Waals surface area contributed by atoms with Crippen LogP contribution in [0.2, 0.25) is 0 Å². The lowest BCUT2D eigenvalue weighted by Gasteiger charge is -2.37. The molecule has 0 aromatic carbocycles.